The molecule has 0 aliphatic heterocycles. The van der Waals surface area contributed by atoms with Crippen molar-refractivity contribution in [2.75, 3.05) is 5.32 Å². The fourth-order valence-corrected chi connectivity index (χ4v) is 2.31. The lowest BCUT2D eigenvalue weighted by atomic mass is 10.1. The van der Waals surface area contributed by atoms with E-state index in [1.807, 2.05) is 19.1 Å². The van der Waals surface area contributed by atoms with Crippen LogP contribution in [0.5, 0.6) is 0 Å². The molecule has 0 unspecified atom stereocenters. The molecular formula is C14H10BrFN2. The van der Waals surface area contributed by atoms with Crippen molar-refractivity contribution in [3.63, 3.8) is 0 Å². The molecule has 0 aromatic heterocycles. The Balaban J connectivity index is 2.40. The number of hydrogen-bond donors (Lipinski definition) is 1. The van der Waals surface area contributed by atoms with Crippen LogP contribution in [0.2, 0.25) is 0 Å². The van der Waals surface area contributed by atoms with E-state index in [4.69, 9.17) is 5.26 Å². The minimum atomic E-state index is -0.286. The zero-order chi connectivity index (χ0) is 13.1. The minimum absolute atomic E-state index is 0.286. The maximum atomic E-state index is 12.8. The normalized spacial score (nSPS) is 9.89. The SMILES string of the molecule is Cc1cc(Br)c(C#N)c(Nc2ccc(F)cc2)c1. The highest BCUT2D eigenvalue weighted by molar-refractivity contribution is 9.10. The smallest absolute Gasteiger partial charge is 0.123 e. The summed E-state index contributed by atoms with van der Waals surface area (Å²) in [5.74, 6) is -0.286. The molecule has 0 fully saturated rings. The first-order valence-electron chi connectivity index (χ1n) is 5.33. The van der Waals surface area contributed by atoms with E-state index in [1.165, 1.54) is 12.1 Å². The molecule has 0 aliphatic carbocycles. The monoisotopic (exact) mass is 304 g/mol. The second-order valence-electron chi connectivity index (χ2n) is 3.91. The third-order valence-corrected chi connectivity index (χ3v) is 3.10. The summed E-state index contributed by atoms with van der Waals surface area (Å²) < 4.78 is 13.6. The highest BCUT2D eigenvalue weighted by Crippen LogP contribution is 2.28. The maximum Gasteiger partial charge on any atom is 0.123 e. The van der Waals surface area contributed by atoms with Gasteiger partial charge in [0, 0.05) is 10.2 Å². The first-order chi connectivity index (χ1) is 8.60. The number of benzene rings is 2. The molecule has 0 saturated carbocycles. The molecule has 0 atom stereocenters. The summed E-state index contributed by atoms with van der Waals surface area (Å²) in [6.07, 6.45) is 0. The van der Waals surface area contributed by atoms with Gasteiger partial charge >= 0.3 is 0 Å². The molecule has 0 bridgehead atoms. The third-order valence-electron chi connectivity index (χ3n) is 2.47. The summed E-state index contributed by atoms with van der Waals surface area (Å²) in [6.45, 7) is 1.95. The molecule has 18 heavy (non-hydrogen) atoms. The maximum absolute atomic E-state index is 12.8. The van der Waals surface area contributed by atoms with Gasteiger partial charge in [0.05, 0.1) is 11.3 Å². The number of hydrogen-bond acceptors (Lipinski definition) is 2. The van der Waals surface area contributed by atoms with Crippen LogP contribution in [0.15, 0.2) is 40.9 Å². The second-order valence-corrected chi connectivity index (χ2v) is 4.77. The van der Waals surface area contributed by atoms with Crippen LogP contribution in [0.25, 0.3) is 0 Å². The Hall–Kier alpha value is -1.86. The molecule has 2 rings (SSSR count). The topological polar surface area (TPSA) is 35.8 Å². The van der Waals surface area contributed by atoms with Gasteiger partial charge in [0.1, 0.15) is 11.9 Å². The average molecular weight is 305 g/mol. The third kappa shape index (κ3) is 2.69. The average Bonchev–Trinajstić information content (AvgIpc) is 2.32. The number of rotatable bonds is 2. The van der Waals surface area contributed by atoms with Gasteiger partial charge in [-0.25, -0.2) is 4.39 Å². The molecule has 0 radical (unpaired) electrons. The van der Waals surface area contributed by atoms with E-state index in [0.717, 1.165) is 15.7 Å². The second kappa shape index (κ2) is 5.19. The Morgan fingerprint density at radius 2 is 1.89 bits per heavy atom. The molecule has 2 aromatic rings. The molecule has 1 N–H and O–H groups in total. The van der Waals surface area contributed by atoms with Crippen molar-refractivity contribution in [2.24, 2.45) is 0 Å². The van der Waals surface area contributed by atoms with Crippen LogP contribution < -0.4 is 5.32 Å². The van der Waals surface area contributed by atoms with Crippen molar-refractivity contribution in [2.45, 2.75) is 6.92 Å². The Labute approximate surface area is 113 Å². The Morgan fingerprint density at radius 1 is 1.22 bits per heavy atom. The molecule has 0 saturated heterocycles. The lowest BCUT2D eigenvalue weighted by molar-refractivity contribution is 0.628. The zero-order valence-corrected chi connectivity index (χ0v) is 11.3. The molecule has 2 aromatic carbocycles. The Bertz CT molecular complexity index is 615. The predicted octanol–water partition coefficient (Wildman–Crippen LogP) is 4.51. The fourth-order valence-electron chi connectivity index (χ4n) is 1.64. The molecular weight excluding hydrogens is 295 g/mol. The van der Waals surface area contributed by atoms with Gasteiger partial charge in [0.2, 0.25) is 0 Å². The predicted molar refractivity (Wildman–Crippen MR) is 73.3 cm³/mol. The summed E-state index contributed by atoms with van der Waals surface area (Å²) in [4.78, 5) is 0. The summed E-state index contributed by atoms with van der Waals surface area (Å²) in [5, 5.41) is 12.2. The van der Waals surface area contributed by atoms with E-state index in [2.05, 4.69) is 27.3 Å². The zero-order valence-electron chi connectivity index (χ0n) is 9.67. The van der Waals surface area contributed by atoms with Crippen molar-refractivity contribution in [1.82, 2.24) is 0 Å². The number of anilines is 2. The highest BCUT2D eigenvalue weighted by Gasteiger charge is 2.08. The molecule has 0 spiro atoms. The number of nitrogens with zero attached hydrogens (tertiary/aromatic N) is 1. The molecule has 90 valence electrons. The summed E-state index contributed by atoms with van der Waals surface area (Å²) in [5.41, 5.74) is 3.01. The van der Waals surface area contributed by atoms with Crippen LogP contribution >= 0.6 is 15.9 Å². The Morgan fingerprint density at radius 3 is 2.50 bits per heavy atom. The van der Waals surface area contributed by atoms with E-state index >= 15 is 0 Å². The van der Waals surface area contributed by atoms with E-state index in [0.29, 0.717) is 11.3 Å². The molecule has 0 aliphatic rings. The standard InChI is InChI=1S/C14H10BrFN2/c1-9-6-13(15)12(8-17)14(7-9)18-11-4-2-10(16)3-5-11/h2-7,18H,1H3. The fraction of sp³-hybridized carbons (Fsp3) is 0.0714. The van der Waals surface area contributed by atoms with Crippen molar-refractivity contribution in [3.05, 3.63) is 57.8 Å². The van der Waals surface area contributed by atoms with Crippen LogP contribution in [0.1, 0.15) is 11.1 Å². The van der Waals surface area contributed by atoms with Gasteiger partial charge in [0.15, 0.2) is 0 Å². The van der Waals surface area contributed by atoms with Gasteiger partial charge in [-0.3, -0.25) is 0 Å². The van der Waals surface area contributed by atoms with E-state index in [-0.39, 0.29) is 5.82 Å². The molecule has 4 heteroatoms. The van der Waals surface area contributed by atoms with Gasteiger partial charge in [-0.05, 0) is 64.8 Å². The van der Waals surface area contributed by atoms with Crippen LogP contribution in [0.3, 0.4) is 0 Å². The van der Waals surface area contributed by atoms with Crippen LogP contribution in [0.4, 0.5) is 15.8 Å². The quantitative estimate of drug-likeness (QED) is 0.886. The van der Waals surface area contributed by atoms with Crippen molar-refractivity contribution < 1.29 is 4.39 Å². The molecule has 0 heterocycles. The number of aryl methyl sites for hydroxylation is 1. The van der Waals surface area contributed by atoms with Gasteiger partial charge in [-0.15, -0.1) is 0 Å². The van der Waals surface area contributed by atoms with E-state index in [9.17, 15) is 4.39 Å². The highest BCUT2D eigenvalue weighted by atomic mass is 79.9. The van der Waals surface area contributed by atoms with Crippen molar-refractivity contribution in [1.29, 1.82) is 5.26 Å². The van der Waals surface area contributed by atoms with Gasteiger partial charge in [0.25, 0.3) is 0 Å². The largest absolute Gasteiger partial charge is 0.354 e. The number of halogens is 2. The van der Waals surface area contributed by atoms with Crippen molar-refractivity contribution >= 4 is 27.3 Å². The van der Waals surface area contributed by atoms with Crippen LogP contribution in [-0.4, -0.2) is 0 Å². The number of nitriles is 1. The Kier molecular flexibility index (Phi) is 3.63. The van der Waals surface area contributed by atoms with E-state index < -0.39 is 0 Å². The van der Waals surface area contributed by atoms with Crippen molar-refractivity contribution in [3.8, 4) is 6.07 Å². The molecule has 2 nitrogen and oxygen atoms in total. The molecule has 0 amide bonds. The van der Waals surface area contributed by atoms with E-state index in [1.54, 1.807) is 12.1 Å². The first kappa shape index (κ1) is 12.6. The lowest BCUT2D eigenvalue weighted by Gasteiger charge is -2.10. The minimum Gasteiger partial charge on any atom is -0.354 e. The van der Waals surface area contributed by atoms with Crippen LogP contribution in [0, 0.1) is 24.1 Å². The van der Waals surface area contributed by atoms with Crippen LogP contribution in [-0.2, 0) is 0 Å². The summed E-state index contributed by atoms with van der Waals surface area (Å²) in [7, 11) is 0. The number of nitrogens with one attached hydrogen (secondary N) is 1. The summed E-state index contributed by atoms with van der Waals surface area (Å²) >= 11 is 3.36. The van der Waals surface area contributed by atoms with Gasteiger partial charge < -0.3 is 5.32 Å². The van der Waals surface area contributed by atoms with Gasteiger partial charge in [-0.1, -0.05) is 0 Å². The lowest BCUT2D eigenvalue weighted by Crippen LogP contribution is -1.95. The van der Waals surface area contributed by atoms with Gasteiger partial charge in [-0.2, -0.15) is 5.26 Å². The first-order valence-corrected chi connectivity index (χ1v) is 6.12. The summed E-state index contributed by atoms with van der Waals surface area (Å²) in [6, 6.07) is 11.9.